The van der Waals surface area contributed by atoms with E-state index in [0.717, 1.165) is 16.1 Å². The molecule has 0 radical (unpaired) electrons. The first kappa shape index (κ1) is 29.7. The number of nitrogens with zero attached hydrogens (tertiary/aromatic N) is 1. The number of amides is 1. The Hall–Kier alpha value is -3.40. The van der Waals surface area contributed by atoms with Gasteiger partial charge in [-0.05, 0) is 86.3 Å². The van der Waals surface area contributed by atoms with Crippen LogP contribution in [0.15, 0.2) is 81.8 Å². The summed E-state index contributed by atoms with van der Waals surface area (Å²) in [6.07, 6.45) is 3.84. The average Bonchev–Trinajstić information content (AvgIpc) is 3.50. The first-order valence-electron chi connectivity index (χ1n) is 13.7. The highest BCUT2D eigenvalue weighted by Gasteiger charge is 2.60. The number of rotatable bonds is 8. The van der Waals surface area contributed by atoms with Crippen molar-refractivity contribution in [3.63, 3.8) is 0 Å². The van der Waals surface area contributed by atoms with Gasteiger partial charge in [-0.1, -0.05) is 39.1 Å². The van der Waals surface area contributed by atoms with E-state index < -0.39 is 28.8 Å². The Kier molecular flexibility index (Phi) is 8.24. The fourth-order valence-electron chi connectivity index (χ4n) is 6.02. The highest BCUT2D eigenvalue weighted by molar-refractivity contribution is 9.10. The molecule has 1 heterocycles. The van der Waals surface area contributed by atoms with Crippen LogP contribution < -0.4 is 10.1 Å². The first-order valence-corrected chi connectivity index (χ1v) is 15.3. The number of esters is 1. The van der Waals surface area contributed by atoms with E-state index >= 15 is 0 Å². The summed E-state index contributed by atoms with van der Waals surface area (Å²) in [6.45, 7) is -0.304. The molecule has 3 aliphatic rings. The Morgan fingerprint density at radius 2 is 1.74 bits per heavy atom. The number of nitrogens with one attached hydrogen (secondary N) is 1. The molecule has 222 valence electrons. The lowest BCUT2D eigenvalue weighted by atomic mass is 9.55. The van der Waals surface area contributed by atoms with Crippen LogP contribution in [0.2, 0.25) is 10.0 Å². The number of carbonyl (C=O) groups is 2. The smallest absolute Gasteiger partial charge is 0.338 e. The molecule has 3 aliphatic carbocycles. The van der Waals surface area contributed by atoms with Crippen LogP contribution in [0.3, 0.4) is 0 Å². The lowest BCUT2D eigenvalue weighted by Gasteiger charge is -2.55. The Bertz CT molecular complexity index is 1650. The number of ether oxygens (including phenoxy) is 2. The number of aromatic nitrogens is 1. The third-order valence-electron chi connectivity index (χ3n) is 8.35. The molecule has 0 aliphatic heterocycles. The summed E-state index contributed by atoms with van der Waals surface area (Å²) < 4.78 is 32.7. The molecule has 0 unspecified atom stereocenters. The molecular formula is C32H26BrCl2FN2O5. The zero-order chi connectivity index (χ0) is 30.2. The van der Waals surface area contributed by atoms with E-state index in [9.17, 15) is 14.0 Å². The van der Waals surface area contributed by atoms with Crippen molar-refractivity contribution in [3.8, 4) is 17.1 Å². The number of carbonyl (C=O) groups excluding carboxylic acids is 2. The summed E-state index contributed by atoms with van der Waals surface area (Å²) >= 11 is 15.2. The van der Waals surface area contributed by atoms with Crippen LogP contribution in [-0.2, 0) is 14.9 Å². The predicted octanol–water partition coefficient (Wildman–Crippen LogP) is 7.93. The lowest BCUT2D eigenvalue weighted by Crippen LogP contribution is -2.64. The van der Waals surface area contributed by atoms with Crippen molar-refractivity contribution in [1.82, 2.24) is 10.3 Å². The molecule has 2 bridgehead atoms. The van der Waals surface area contributed by atoms with Gasteiger partial charge < -0.3 is 19.2 Å². The van der Waals surface area contributed by atoms with Gasteiger partial charge in [0.25, 0.3) is 5.91 Å². The number of fused-ring (bicyclic) bond motifs is 3. The monoisotopic (exact) mass is 686 g/mol. The van der Waals surface area contributed by atoms with E-state index in [2.05, 4.69) is 26.2 Å². The molecule has 4 aromatic rings. The molecule has 1 atom stereocenters. The molecule has 3 saturated carbocycles. The van der Waals surface area contributed by atoms with Gasteiger partial charge in [-0.3, -0.25) is 4.79 Å². The number of benzene rings is 3. The van der Waals surface area contributed by atoms with Crippen LogP contribution >= 0.6 is 39.1 Å². The van der Waals surface area contributed by atoms with Crippen molar-refractivity contribution in [2.24, 2.45) is 0 Å². The Balaban J connectivity index is 1.23. The predicted molar refractivity (Wildman–Crippen MR) is 163 cm³/mol. The van der Waals surface area contributed by atoms with Crippen LogP contribution in [0.1, 0.15) is 48.4 Å². The van der Waals surface area contributed by atoms with E-state index in [1.54, 1.807) is 42.6 Å². The van der Waals surface area contributed by atoms with Crippen molar-refractivity contribution in [1.29, 1.82) is 0 Å². The van der Waals surface area contributed by atoms with Crippen LogP contribution in [0.5, 0.6) is 5.75 Å². The third-order valence-corrected chi connectivity index (χ3v) is 9.43. The molecule has 3 aromatic carbocycles. The molecule has 1 amide bonds. The van der Waals surface area contributed by atoms with Crippen LogP contribution in [-0.4, -0.2) is 35.1 Å². The number of hydrogen-bond acceptors (Lipinski definition) is 6. The van der Waals surface area contributed by atoms with Gasteiger partial charge in [-0.2, -0.15) is 0 Å². The quantitative estimate of drug-likeness (QED) is 0.189. The largest absolute Gasteiger partial charge is 0.484 e. The van der Waals surface area contributed by atoms with Crippen molar-refractivity contribution in [3.05, 3.63) is 105 Å². The highest BCUT2D eigenvalue weighted by Crippen LogP contribution is 2.55. The zero-order valence-corrected chi connectivity index (χ0v) is 25.8. The van der Waals surface area contributed by atoms with E-state index in [-0.39, 0.29) is 23.3 Å². The maximum atomic E-state index is 13.8. The van der Waals surface area contributed by atoms with Gasteiger partial charge in [0.15, 0.2) is 12.4 Å². The normalized spacial score (nSPS) is 22.7. The Labute approximate surface area is 265 Å². The second-order valence-electron chi connectivity index (χ2n) is 11.0. The Morgan fingerprint density at radius 3 is 2.44 bits per heavy atom. The fourth-order valence-corrected chi connectivity index (χ4v) is 6.52. The maximum absolute atomic E-state index is 13.8. The van der Waals surface area contributed by atoms with Gasteiger partial charge in [0.1, 0.15) is 17.7 Å². The van der Waals surface area contributed by atoms with E-state index in [1.807, 2.05) is 12.1 Å². The van der Waals surface area contributed by atoms with Gasteiger partial charge in [-0.15, -0.1) is 0 Å². The summed E-state index contributed by atoms with van der Waals surface area (Å²) in [6, 6.07) is 18.2. The van der Waals surface area contributed by atoms with Crippen LogP contribution in [0, 0.1) is 5.82 Å². The fraction of sp³-hybridized carbons (Fsp3) is 0.281. The molecule has 11 heteroatoms. The van der Waals surface area contributed by atoms with E-state index in [4.69, 9.17) is 37.1 Å². The molecule has 0 saturated heterocycles. The van der Waals surface area contributed by atoms with Gasteiger partial charge in [0.05, 0.1) is 22.2 Å². The van der Waals surface area contributed by atoms with Crippen molar-refractivity contribution in [2.75, 3.05) is 6.61 Å². The van der Waals surface area contributed by atoms with Crippen molar-refractivity contribution < 1.29 is 27.9 Å². The summed E-state index contributed by atoms with van der Waals surface area (Å²) in [7, 11) is 0. The first-order chi connectivity index (χ1) is 20.6. The summed E-state index contributed by atoms with van der Waals surface area (Å²) in [4.78, 5) is 31.0. The third kappa shape index (κ3) is 6.16. The second-order valence-corrected chi connectivity index (χ2v) is 12.8. The van der Waals surface area contributed by atoms with E-state index in [1.165, 1.54) is 12.1 Å². The topological polar surface area (TPSA) is 90.7 Å². The molecule has 43 heavy (non-hydrogen) atoms. The molecule has 1 N–H and O–H groups in total. The van der Waals surface area contributed by atoms with Crippen LogP contribution in [0.25, 0.3) is 11.3 Å². The van der Waals surface area contributed by atoms with Gasteiger partial charge in [0.2, 0.25) is 5.89 Å². The highest BCUT2D eigenvalue weighted by atomic mass is 79.9. The Morgan fingerprint density at radius 1 is 1.02 bits per heavy atom. The minimum atomic E-state index is -0.667. The molecule has 0 spiro atoms. The molecule has 1 aromatic heterocycles. The second kappa shape index (κ2) is 11.9. The zero-order valence-electron chi connectivity index (χ0n) is 22.7. The number of halogens is 4. The average molecular weight is 688 g/mol. The van der Waals surface area contributed by atoms with Gasteiger partial charge >= 0.3 is 5.97 Å². The lowest BCUT2D eigenvalue weighted by molar-refractivity contribution is -0.130. The minimum Gasteiger partial charge on any atom is -0.484 e. The summed E-state index contributed by atoms with van der Waals surface area (Å²) in [5, 5.41) is 3.71. The molecule has 7 rings (SSSR count). The standard InChI is InChI=1S/C32H26BrCl2FN2O5/c33-21-5-1-20(2-6-21)29(40)43-27-16-31(38-28(39)18-41-23-9-10-24(35)25(36)15-23)11-13-32(27,14-12-31)30-37-17-26(42-30)19-3-7-22(34)8-4-19/h1-10,15,17,27H,11-14,16,18H2,(H,38,39)/t27-,31?,32?/m1/s1. The summed E-state index contributed by atoms with van der Waals surface area (Å²) in [5.74, 6) is -0.172. The van der Waals surface area contributed by atoms with Crippen molar-refractivity contribution >= 4 is 51.0 Å². The van der Waals surface area contributed by atoms with Crippen LogP contribution in [0.4, 0.5) is 4.39 Å². The summed E-state index contributed by atoms with van der Waals surface area (Å²) in [5.41, 5.74) is -0.0454. The molecule has 3 fully saturated rings. The molecular weight excluding hydrogens is 662 g/mol. The minimum absolute atomic E-state index is 0.0290. The van der Waals surface area contributed by atoms with Gasteiger partial charge in [-0.25, -0.2) is 14.2 Å². The van der Waals surface area contributed by atoms with Crippen molar-refractivity contribution in [2.45, 2.75) is 49.2 Å². The maximum Gasteiger partial charge on any atom is 0.338 e. The van der Waals surface area contributed by atoms with E-state index in [0.29, 0.717) is 54.3 Å². The SMILES string of the molecule is O=C(COc1ccc(Cl)c(F)c1)NC12CCC(c3ncc(-c4ccc(Cl)cc4)o3)(CC1)[C@H](OC(=O)c1ccc(Br)cc1)C2. The number of hydrogen-bond donors (Lipinski definition) is 1. The van der Waals surface area contributed by atoms with Gasteiger partial charge in [0, 0.05) is 33.1 Å². The number of oxazole rings is 1. The molecule has 7 nitrogen and oxygen atoms in total.